The first-order valence-corrected chi connectivity index (χ1v) is 6.73. The minimum atomic E-state index is 0.153. The molecule has 3 aromatic heterocycles. The number of aromatic nitrogens is 5. The van der Waals surface area contributed by atoms with Gasteiger partial charge in [0.25, 0.3) is 0 Å². The van der Waals surface area contributed by atoms with Crippen LogP contribution in [0.25, 0.3) is 5.95 Å². The molecule has 0 spiro atoms. The van der Waals surface area contributed by atoms with Crippen molar-refractivity contribution in [3.05, 3.63) is 48.2 Å². The van der Waals surface area contributed by atoms with Crippen molar-refractivity contribution >= 4 is 23.4 Å². The van der Waals surface area contributed by atoms with Crippen molar-refractivity contribution < 1.29 is 4.42 Å². The smallest absolute Gasteiger partial charge is 0.240 e. The van der Waals surface area contributed by atoms with Gasteiger partial charge in [0.2, 0.25) is 11.2 Å². The number of hydrogen-bond donors (Lipinski definition) is 0. The van der Waals surface area contributed by atoms with Crippen LogP contribution >= 0.6 is 23.4 Å². The fourth-order valence-electron chi connectivity index (χ4n) is 1.41. The van der Waals surface area contributed by atoms with Crippen LogP contribution in [-0.4, -0.2) is 24.5 Å². The van der Waals surface area contributed by atoms with Gasteiger partial charge in [0, 0.05) is 12.4 Å². The number of halogens is 1. The molecule has 8 heteroatoms. The van der Waals surface area contributed by atoms with Crippen LogP contribution in [0.4, 0.5) is 0 Å². The monoisotopic (exact) mass is 293 g/mol. The van der Waals surface area contributed by atoms with Gasteiger partial charge >= 0.3 is 0 Å². The summed E-state index contributed by atoms with van der Waals surface area (Å²) in [4.78, 5) is 16.4. The van der Waals surface area contributed by atoms with Crippen molar-refractivity contribution in [1.29, 1.82) is 0 Å². The Labute approximate surface area is 117 Å². The number of rotatable bonds is 4. The highest BCUT2D eigenvalue weighted by Gasteiger charge is 2.08. The van der Waals surface area contributed by atoms with Crippen molar-refractivity contribution in [2.24, 2.45) is 0 Å². The summed E-state index contributed by atoms with van der Waals surface area (Å²) in [5.41, 5.74) is 0. The molecule has 0 radical (unpaired) electrons. The molecule has 0 bridgehead atoms. The Kier molecular flexibility index (Phi) is 3.47. The van der Waals surface area contributed by atoms with Crippen molar-refractivity contribution in [1.82, 2.24) is 24.5 Å². The molecule has 0 N–H and O–H groups in total. The topological polar surface area (TPSA) is 69.6 Å². The molecule has 3 heterocycles. The Morgan fingerprint density at radius 2 is 2.26 bits per heavy atom. The van der Waals surface area contributed by atoms with E-state index < -0.39 is 0 Å². The second kappa shape index (κ2) is 5.41. The highest BCUT2D eigenvalue weighted by Crippen LogP contribution is 2.21. The van der Waals surface area contributed by atoms with Crippen molar-refractivity contribution in [2.75, 3.05) is 0 Å². The van der Waals surface area contributed by atoms with Gasteiger partial charge < -0.3 is 4.42 Å². The summed E-state index contributed by atoms with van der Waals surface area (Å²) in [6.07, 6.45) is 6.62. The highest BCUT2D eigenvalue weighted by atomic mass is 35.5. The maximum atomic E-state index is 5.89. The van der Waals surface area contributed by atoms with Gasteiger partial charge in [-0.05, 0) is 23.7 Å². The molecule has 96 valence electrons. The van der Waals surface area contributed by atoms with Crippen LogP contribution in [-0.2, 0) is 5.75 Å². The minimum absolute atomic E-state index is 0.153. The normalized spacial score (nSPS) is 10.8. The summed E-state index contributed by atoms with van der Waals surface area (Å²) in [6.45, 7) is 0. The Bertz CT molecular complexity index is 656. The first-order chi connectivity index (χ1) is 9.31. The van der Waals surface area contributed by atoms with Crippen LogP contribution in [0.15, 0.2) is 46.7 Å². The van der Waals surface area contributed by atoms with E-state index in [-0.39, 0.29) is 5.28 Å². The number of furan rings is 1. The molecule has 0 unspecified atom stereocenters. The van der Waals surface area contributed by atoms with E-state index in [9.17, 15) is 0 Å². The van der Waals surface area contributed by atoms with Gasteiger partial charge in [0.05, 0.1) is 12.0 Å². The first-order valence-electron chi connectivity index (χ1n) is 5.36. The van der Waals surface area contributed by atoms with Crippen LogP contribution in [0, 0.1) is 0 Å². The van der Waals surface area contributed by atoms with Gasteiger partial charge in [-0.25, -0.2) is 4.98 Å². The largest absolute Gasteiger partial charge is 0.468 e. The van der Waals surface area contributed by atoms with Gasteiger partial charge in [-0.1, -0.05) is 11.8 Å². The molecular weight excluding hydrogens is 286 g/mol. The summed E-state index contributed by atoms with van der Waals surface area (Å²) in [7, 11) is 0. The van der Waals surface area contributed by atoms with Crippen LogP contribution in [0.1, 0.15) is 5.76 Å². The maximum Gasteiger partial charge on any atom is 0.240 e. The Morgan fingerprint density at radius 1 is 1.32 bits per heavy atom. The standard InChI is InChI=1S/C11H8ClN5OS/c12-9-14-10(17-4-3-13-7-17)16-11(15-9)19-6-8-2-1-5-18-8/h1-5,7H,6H2. The van der Waals surface area contributed by atoms with Gasteiger partial charge in [-0.15, -0.1) is 0 Å². The van der Waals surface area contributed by atoms with E-state index in [4.69, 9.17) is 16.0 Å². The zero-order valence-electron chi connectivity index (χ0n) is 9.60. The van der Waals surface area contributed by atoms with Gasteiger partial charge in [0.1, 0.15) is 12.1 Å². The molecule has 0 saturated heterocycles. The zero-order valence-corrected chi connectivity index (χ0v) is 11.2. The van der Waals surface area contributed by atoms with Gasteiger partial charge in [-0.3, -0.25) is 4.57 Å². The first kappa shape index (κ1) is 12.2. The quantitative estimate of drug-likeness (QED) is 0.689. The van der Waals surface area contributed by atoms with Gasteiger partial charge in [-0.2, -0.15) is 15.0 Å². The van der Waals surface area contributed by atoms with Crippen molar-refractivity contribution in [3.8, 4) is 5.95 Å². The summed E-state index contributed by atoms with van der Waals surface area (Å²) < 4.78 is 6.92. The third kappa shape index (κ3) is 2.94. The third-order valence-corrected chi connectivity index (χ3v) is 3.27. The molecule has 6 nitrogen and oxygen atoms in total. The van der Waals surface area contributed by atoms with Gasteiger partial charge in [0.15, 0.2) is 5.16 Å². The van der Waals surface area contributed by atoms with E-state index in [0.29, 0.717) is 16.9 Å². The zero-order chi connectivity index (χ0) is 13.1. The summed E-state index contributed by atoms with van der Waals surface area (Å²) >= 11 is 7.32. The lowest BCUT2D eigenvalue weighted by Gasteiger charge is -2.03. The van der Waals surface area contributed by atoms with Crippen molar-refractivity contribution in [3.63, 3.8) is 0 Å². The Balaban J connectivity index is 1.82. The lowest BCUT2D eigenvalue weighted by Crippen LogP contribution is -2.02. The summed E-state index contributed by atoms with van der Waals surface area (Å²) in [6, 6.07) is 3.74. The average Bonchev–Trinajstić information content (AvgIpc) is 3.09. The molecule has 0 fully saturated rings. The molecule has 0 aliphatic heterocycles. The molecule has 0 aromatic carbocycles. The number of hydrogen-bond acceptors (Lipinski definition) is 6. The second-order valence-electron chi connectivity index (χ2n) is 3.53. The Morgan fingerprint density at radius 3 is 3.00 bits per heavy atom. The van der Waals surface area contributed by atoms with E-state index in [1.54, 1.807) is 29.6 Å². The summed E-state index contributed by atoms with van der Waals surface area (Å²) in [5, 5.41) is 0.695. The van der Waals surface area contributed by atoms with Crippen LogP contribution in [0.5, 0.6) is 0 Å². The molecule has 0 atom stereocenters. The molecule has 0 amide bonds. The second-order valence-corrected chi connectivity index (χ2v) is 4.81. The Hall–Kier alpha value is -1.86. The molecule has 3 rings (SSSR count). The van der Waals surface area contributed by atoms with Crippen LogP contribution < -0.4 is 0 Å². The SMILES string of the molecule is Clc1nc(SCc2ccco2)nc(-n2ccnc2)n1. The minimum Gasteiger partial charge on any atom is -0.468 e. The van der Waals surface area contributed by atoms with Crippen LogP contribution in [0.3, 0.4) is 0 Å². The predicted octanol–water partition coefficient (Wildman–Crippen LogP) is 2.60. The lowest BCUT2D eigenvalue weighted by molar-refractivity contribution is 0.530. The molecule has 0 aliphatic carbocycles. The number of thioether (sulfide) groups is 1. The van der Waals surface area contributed by atoms with E-state index in [1.165, 1.54) is 11.8 Å². The fraction of sp³-hybridized carbons (Fsp3) is 0.0909. The van der Waals surface area contributed by atoms with Crippen molar-refractivity contribution in [2.45, 2.75) is 10.9 Å². The summed E-state index contributed by atoms with van der Waals surface area (Å²) in [5.74, 6) is 1.93. The van der Waals surface area contributed by atoms with E-state index in [1.807, 2.05) is 12.1 Å². The van der Waals surface area contributed by atoms with E-state index in [2.05, 4.69) is 19.9 Å². The number of nitrogens with zero attached hydrogens (tertiary/aromatic N) is 5. The lowest BCUT2D eigenvalue weighted by atomic mass is 10.5. The molecule has 3 aromatic rings. The fourth-order valence-corrected chi connectivity index (χ4v) is 2.35. The number of imidazole rings is 1. The molecule has 0 aliphatic rings. The van der Waals surface area contributed by atoms with Crippen LogP contribution in [0.2, 0.25) is 5.28 Å². The predicted molar refractivity (Wildman–Crippen MR) is 70.2 cm³/mol. The molecule has 0 saturated carbocycles. The third-order valence-electron chi connectivity index (χ3n) is 2.23. The molecule has 19 heavy (non-hydrogen) atoms. The molecular formula is C11H8ClN5OS. The van der Waals surface area contributed by atoms with E-state index >= 15 is 0 Å². The van der Waals surface area contributed by atoms with E-state index in [0.717, 1.165) is 5.76 Å². The average molecular weight is 294 g/mol. The highest BCUT2D eigenvalue weighted by molar-refractivity contribution is 7.98. The maximum absolute atomic E-state index is 5.89.